The molecule has 1 N–H and O–H groups in total. The lowest BCUT2D eigenvalue weighted by molar-refractivity contribution is -0.141. The molecule has 0 bridgehead atoms. The Morgan fingerprint density at radius 2 is 1.65 bits per heavy atom. The summed E-state index contributed by atoms with van der Waals surface area (Å²) < 4.78 is 41.5. The maximum absolute atomic E-state index is 14.9. The molecule has 0 aliphatic heterocycles. The van der Waals surface area contributed by atoms with Crippen LogP contribution in [0.4, 0.5) is 10.1 Å². The van der Waals surface area contributed by atoms with Gasteiger partial charge < -0.3 is 10.2 Å². The van der Waals surface area contributed by atoms with Crippen molar-refractivity contribution < 1.29 is 22.4 Å². The monoisotopic (exact) mass is 607 g/mol. The zero-order valence-corrected chi connectivity index (χ0v) is 25.9. The minimum atomic E-state index is -3.60. The van der Waals surface area contributed by atoms with Crippen LogP contribution in [0.2, 0.25) is 0 Å². The van der Waals surface area contributed by atoms with Gasteiger partial charge in [-0.2, -0.15) is 0 Å². The first-order valence-corrected chi connectivity index (χ1v) is 16.9. The van der Waals surface area contributed by atoms with Gasteiger partial charge in [0.2, 0.25) is 21.8 Å². The Morgan fingerprint density at radius 3 is 2.33 bits per heavy atom. The van der Waals surface area contributed by atoms with Gasteiger partial charge in [-0.3, -0.25) is 13.9 Å². The number of hydrogen-bond donors (Lipinski definition) is 1. The predicted octanol–water partition coefficient (Wildman–Crippen LogP) is 5.77. The fraction of sp³-hybridized carbons (Fsp3) is 0.412. The topological polar surface area (TPSA) is 86.8 Å². The van der Waals surface area contributed by atoms with E-state index in [4.69, 9.17) is 0 Å². The molecule has 0 unspecified atom stereocenters. The van der Waals surface area contributed by atoms with Crippen molar-refractivity contribution >= 4 is 27.5 Å². The van der Waals surface area contributed by atoms with E-state index in [0.29, 0.717) is 11.3 Å². The predicted molar refractivity (Wildman–Crippen MR) is 169 cm³/mol. The Bertz CT molecular complexity index is 1480. The standard InChI is InChI=1S/C34H42FN3O4S/c1-26-13-11-19-30(23-26)38(43(2,41)42)22-12-21-33(39)37(25-28-16-9-10-20-31(28)35)32(24-27-14-5-3-6-15-27)34(40)36-29-17-7-4-8-18-29/h3,5-6,9-11,13-16,19-20,23,29,32H,4,7-8,12,17-18,21-22,24-25H2,1-2H3,(H,36,40)/t32-/m1/s1. The number of hydrogen-bond acceptors (Lipinski definition) is 4. The number of benzene rings is 3. The van der Waals surface area contributed by atoms with Crippen LogP contribution in [0.25, 0.3) is 0 Å². The van der Waals surface area contributed by atoms with Crippen molar-refractivity contribution in [1.29, 1.82) is 0 Å². The second-order valence-electron chi connectivity index (χ2n) is 11.4. The zero-order chi connectivity index (χ0) is 30.8. The van der Waals surface area contributed by atoms with Crippen molar-refractivity contribution in [2.24, 2.45) is 0 Å². The van der Waals surface area contributed by atoms with Gasteiger partial charge in [0.1, 0.15) is 11.9 Å². The van der Waals surface area contributed by atoms with Gasteiger partial charge in [-0.1, -0.05) is 79.9 Å². The molecule has 1 aliphatic rings. The summed E-state index contributed by atoms with van der Waals surface area (Å²) in [5, 5.41) is 3.18. The van der Waals surface area contributed by atoms with E-state index in [2.05, 4.69) is 5.32 Å². The number of carbonyl (C=O) groups excluding carboxylic acids is 2. The summed E-state index contributed by atoms with van der Waals surface area (Å²) in [5.41, 5.74) is 2.66. The molecule has 1 fully saturated rings. The van der Waals surface area contributed by atoms with Gasteiger partial charge in [0.05, 0.1) is 11.9 Å². The third-order valence-corrected chi connectivity index (χ3v) is 9.16. The van der Waals surface area contributed by atoms with E-state index in [1.165, 1.54) is 15.3 Å². The fourth-order valence-electron chi connectivity index (χ4n) is 5.70. The summed E-state index contributed by atoms with van der Waals surface area (Å²) in [5.74, 6) is -1.03. The molecule has 1 atom stereocenters. The lowest BCUT2D eigenvalue weighted by atomic mass is 9.94. The number of halogens is 1. The molecule has 43 heavy (non-hydrogen) atoms. The maximum atomic E-state index is 14.9. The SMILES string of the molecule is Cc1cccc(N(CCCC(=O)N(Cc2ccccc2F)[C@H](Cc2ccccc2)C(=O)NC2CCCCC2)S(C)(=O)=O)c1. The van der Waals surface area contributed by atoms with Crippen molar-refractivity contribution in [1.82, 2.24) is 10.2 Å². The van der Waals surface area contributed by atoms with E-state index in [1.807, 2.05) is 43.3 Å². The number of anilines is 1. The van der Waals surface area contributed by atoms with Gasteiger partial charge in [0.15, 0.2) is 0 Å². The number of nitrogens with zero attached hydrogens (tertiary/aromatic N) is 2. The summed E-state index contributed by atoms with van der Waals surface area (Å²) in [6, 6.07) is 22.2. The summed E-state index contributed by atoms with van der Waals surface area (Å²) >= 11 is 0. The summed E-state index contributed by atoms with van der Waals surface area (Å²) in [6.07, 6.45) is 6.67. The first-order valence-electron chi connectivity index (χ1n) is 15.0. The Morgan fingerprint density at radius 1 is 0.953 bits per heavy atom. The molecule has 9 heteroatoms. The van der Waals surface area contributed by atoms with Crippen LogP contribution in [-0.4, -0.2) is 50.0 Å². The molecule has 1 saturated carbocycles. The van der Waals surface area contributed by atoms with Crippen molar-refractivity contribution in [2.75, 3.05) is 17.1 Å². The smallest absolute Gasteiger partial charge is 0.243 e. The highest BCUT2D eigenvalue weighted by atomic mass is 32.2. The van der Waals surface area contributed by atoms with Gasteiger partial charge >= 0.3 is 0 Å². The van der Waals surface area contributed by atoms with Gasteiger partial charge in [-0.25, -0.2) is 12.8 Å². The third-order valence-electron chi connectivity index (χ3n) is 7.96. The van der Waals surface area contributed by atoms with Crippen molar-refractivity contribution in [2.45, 2.75) is 76.9 Å². The minimum Gasteiger partial charge on any atom is -0.352 e. The van der Waals surface area contributed by atoms with Crippen molar-refractivity contribution in [3.63, 3.8) is 0 Å². The molecule has 0 aromatic heterocycles. The average Bonchev–Trinajstić information content (AvgIpc) is 2.98. The number of rotatable bonds is 13. The lowest BCUT2D eigenvalue weighted by Crippen LogP contribution is -2.53. The van der Waals surface area contributed by atoms with E-state index >= 15 is 0 Å². The summed E-state index contributed by atoms with van der Waals surface area (Å²) in [7, 11) is -3.60. The number of carbonyl (C=O) groups is 2. The number of amides is 2. The lowest BCUT2D eigenvalue weighted by Gasteiger charge is -2.34. The number of nitrogens with one attached hydrogen (secondary N) is 1. The van der Waals surface area contributed by atoms with Crippen LogP contribution in [0.1, 0.15) is 61.6 Å². The van der Waals surface area contributed by atoms with Crippen LogP contribution >= 0.6 is 0 Å². The third kappa shape index (κ3) is 9.38. The summed E-state index contributed by atoms with van der Waals surface area (Å²) in [6.45, 7) is 1.91. The van der Waals surface area contributed by atoms with Crippen molar-refractivity contribution in [3.05, 3.63) is 101 Å². The second-order valence-corrected chi connectivity index (χ2v) is 13.3. The second kappa shape index (κ2) is 15.1. The van der Waals surface area contributed by atoms with Crippen LogP contribution < -0.4 is 9.62 Å². The molecular formula is C34H42FN3O4S. The largest absolute Gasteiger partial charge is 0.352 e. The van der Waals surface area contributed by atoms with Gasteiger partial charge in [0.25, 0.3) is 0 Å². The Labute approximate surface area is 255 Å². The molecular weight excluding hydrogens is 565 g/mol. The van der Waals surface area contributed by atoms with E-state index in [9.17, 15) is 22.4 Å². The molecule has 3 aromatic rings. The van der Waals surface area contributed by atoms with Crippen LogP contribution in [-0.2, 0) is 32.6 Å². The Balaban J connectivity index is 1.60. The van der Waals surface area contributed by atoms with Crippen molar-refractivity contribution in [3.8, 4) is 0 Å². The van der Waals surface area contributed by atoms with E-state index < -0.39 is 21.9 Å². The minimum absolute atomic E-state index is 0.00567. The molecule has 230 valence electrons. The van der Waals surface area contributed by atoms with E-state index in [0.717, 1.165) is 49.5 Å². The first-order chi connectivity index (χ1) is 20.6. The molecule has 0 radical (unpaired) electrons. The maximum Gasteiger partial charge on any atom is 0.243 e. The molecule has 0 heterocycles. The molecule has 1 aliphatic carbocycles. The van der Waals surface area contributed by atoms with Gasteiger partial charge in [-0.05, 0) is 55.5 Å². The molecule has 7 nitrogen and oxygen atoms in total. The van der Waals surface area contributed by atoms with Crippen LogP contribution in [0.3, 0.4) is 0 Å². The van der Waals surface area contributed by atoms with Gasteiger partial charge in [0, 0.05) is 37.5 Å². The van der Waals surface area contributed by atoms with Crippen LogP contribution in [0.5, 0.6) is 0 Å². The van der Waals surface area contributed by atoms with Crippen LogP contribution in [0, 0.1) is 12.7 Å². The zero-order valence-electron chi connectivity index (χ0n) is 25.0. The molecule has 4 rings (SSSR count). The molecule has 0 spiro atoms. The van der Waals surface area contributed by atoms with E-state index in [-0.39, 0.29) is 50.2 Å². The van der Waals surface area contributed by atoms with Crippen LogP contribution in [0.15, 0.2) is 78.9 Å². The Kier molecular flexibility index (Phi) is 11.3. The molecule has 0 saturated heterocycles. The van der Waals surface area contributed by atoms with Gasteiger partial charge in [-0.15, -0.1) is 0 Å². The fourth-order valence-corrected chi connectivity index (χ4v) is 6.65. The number of sulfonamides is 1. The highest BCUT2D eigenvalue weighted by Crippen LogP contribution is 2.23. The Hall–Kier alpha value is -3.72. The highest BCUT2D eigenvalue weighted by Gasteiger charge is 2.32. The average molecular weight is 608 g/mol. The normalized spacial score (nSPS) is 14.6. The molecule has 3 aromatic carbocycles. The highest BCUT2D eigenvalue weighted by molar-refractivity contribution is 7.92. The first kappa shape index (κ1) is 32.2. The number of aryl methyl sites for hydroxylation is 1. The molecule has 2 amide bonds. The van der Waals surface area contributed by atoms with E-state index in [1.54, 1.807) is 36.4 Å². The summed E-state index contributed by atoms with van der Waals surface area (Å²) in [4.78, 5) is 29.3. The quantitative estimate of drug-likeness (QED) is 0.267.